The van der Waals surface area contributed by atoms with Gasteiger partial charge in [0.2, 0.25) is 5.91 Å². The second kappa shape index (κ2) is 10.6. The molecule has 0 bridgehead atoms. The van der Waals surface area contributed by atoms with Crippen molar-refractivity contribution in [3.8, 4) is 5.75 Å². The summed E-state index contributed by atoms with van der Waals surface area (Å²) >= 11 is 1.56. The Balaban J connectivity index is 1.63. The van der Waals surface area contributed by atoms with Crippen molar-refractivity contribution in [3.05, 3.63) is 54.1 Å². The van der Waals surface area contributed by atoms with Gasteiger partial charge in [-0.25, -0.2) is 0 Å². The van der Waals surface area contributed by atoms with E-state index in [1.54, 1.807) is 18.9 Å². The van der Waals surface area contributed by atoms with E-state index < -0.39 is 0 Å². The van der Waals surface area contributed by atoms with E-state index in [4.69, 9.17) is 9.47 Å². The van der Waals surface area contributed by atoms with E-state index in [1.165, 1.54) is 0 Å². The van der Waals surface area contributed by atoms with Crippen molar-refractivity contribution in [1.29, 1.82) is 0 Å². The summed E-state index contributed by atoms with van der Waals surface area (Å²) in [7, 11) is 5.71. The first-order chi connectivity index (χ1) is 14.0. The maximum atomic E-state index is 13.0. The molecular formula is C23H30N2O3S. The zero-order chi connectivity index (χ0) is 20.6. The standard InChI is InChI=1S/C23H30N2O3S/c1-24(2)19-8-6-18(7-9-19)15-25(16-21-5-4-14-28-21)23(26)17-29-22-12-10-20(27-3)11-13-22/h6-13,21H,4-5,14-17H2,1-3H3/t21-/m1/s1. The third kappa shape index (κ3) is 6.41. The van der Waals surface area contributed by atoms with Crippen LogP contribution in [0.4, 0.5) is 5.69 Å². The van der Waals surface area contributed by atoms with Gasteiger partial charge >= 0.3 is 0 Å². The van der Waals surface area contributed by atoms with Crippen molar-refractivity contribution in [2.45, 2.75) is 30.4 Å². The van der Waals surface area contributed by atoms with Crippen molar-refractivity contribution in [1.82, 2.24) is 4.90 Å². The lowest BCUT2D eigenvalue weighted by atomic mass is 10.1. The number of methoxy groups -OCH3 is 1. The van der Waals surface area contributed by atoms with Crippen LogP contribution in [0.1, 0.15) is 18.4 Å². The molecule has 1 aliphatic heterocycles. The second-order valence-electron chi connectivity index (χ2n) is 7.43. The van der Waals surface area contributed by atoms with Crippen molar-refractivity contribution in [3.63, 3.8) is 0 Å². The molecule has 1 fully saturated rings. The molecule has 2 aromatic rings. The Morgan fingerprint density at radius 3 is 2.45 bits per heavy atom. The molecule has 0 aliphatic carbocycles. The summed E-state index contributed by atoms with van der Waals surface area (Å²) in [5.74, 6) is 1.37. The SMILES string of the molecule is COc1ccc(SCC(=O)N(Cc2ccc(N(C)C)cc2)C[C@H]2CCCO2)cc1. The number of thioether (sulfide) groups is 1. The van der Waals surface area contributed by atoms with Crippen LogP contribution in [-0.4, -0.2) is 57.0 Å². The van der Waals surface area contributed by atoms with Crippen molar-refractivity contribution < 1.29 is 14.3 Å². The highest BCUT2D eigenvalue weighted by Crippen LogP contribution is 2.23. The van der Waals surface area contributed by atoms with Gasteiger partial charge in [-0.15, -0.1) is 11.8 Å². The fourth-order valence-corrected chi connectivity index (χ4v) is 4.12. The molecule has 1 amide bonds. The summed E-state index contributed by atoms with van der Waals surface area (Å²) in [6.45, 7) is 2.05. The van der Waals surface area contributed by atoms with Crippen molar-refractivity contribution >= 4 is 23.4 Å². The molecule has 1 heterocycles. The normalized spacial score (nSPS) is 15.9. The highest BCUT2D eigenvalue weighted by Gasteiger charge is 2.23. The Hall–Kier alpha value is -2.18. The average molecular weight is 415 g/mol. The van der Waals surface area contributed by atoms with E-state index in [-0.39, 0.29) is 12.0 Å². The molecule has 6 heteroatoms. The van der Waals surface area contributed by atoms with E-state index >= 15 is 0 Å². The lowest BCUT2D eigenvalue weighted by Crippen LogP contribution is -2.38. The number of anilines is 1. The van der Waals surface area contributed by atoms with Gasteiger partial charge in [0.15, 0.2) is 0 Å². The van der Waals surface area contributed by atoms with Gasteiger partial charge in [-0.2, -0.15) is 0 Å². The van der Waals surface area contributed by atoms with Gasteiger partial charge in [0.1, 0.15) is 5.75 Å². The smallest absolute Gasteiger partial charge is 0.233 e. The Morgan fingerprint density at radius 1 is 1.14 bits per heavy atom. The first kappa shape index (κ1) is 21.5. The molecule has 0 unspecified atom stereocenters. The van der Waals surface area contributed by atoms with Gasteiger partial charge in [-0.1, -0.05) is 12.1 Å². The van der Waals surface area contributed by atoms with E-state index in [2.05, 4.69) is 29.2 Å². The number of amides is 1. The zero-order valence-corrected chi connectivity index (χ0v) is 18.3. The van der Waals surface area contributed by atoms with Gasteiger partial charge in [0, 0.05) is 44.4 Å². The summed E-state index contributed by atoms with van der Waals surface area (Å²) in [6, 6.07) is 16.2. The number of benzene rings is 2. The highest BCUT2D eigenvalue weighted by molar-refractivity contribution is 8.00. The molecular weight excluding hydrogens is 384 g/mol. The van der Waals surface area contributed by atoms with Gasteiger partial charge in [-0.3, -0.25) is 4.79 Å². The van der Waals surface area contributed by atoms with E-state index in [0.29, 0.717) is 18.8 Å². The van der Waals surface area contributed by atoms with Crippen LogP contribution in [-0.2, 0) is 16.1 Å². The summed E-state index contributed by atoms with van der Waals surface area (Å²) in [5, 5.41) is 0. The van der Waals surface area contributed by atoms with Crippen LogP contribution in [0, 0.1) is 0 Å². The fourth-order valence-electron chi connectivity index (χ4n) is 3.32. The van der Waals surface area contributed by atoms with Crippen LogP contribution < -0.4 is 9.64 Å². The molecule has 0 spiro atoms. The summed E-state index contributed by atoms with van der Waals surface area (Å²) in [6.07, 6.45) is 2.24. The molecule has 3 rings (SSSR count). The number of nitrogens with zero attached hydrogens (tertiary/aromatic N) is 2. The van der Waals surface area contributed by atoms with Crippen LogP contribution in [0.25, 0.3) is 0 Å². The molecule has 0 N–H and O–H groups in total. The molecule has 2 aromatic carbocycles. The number of ether oxygens (including phenoxy) is 2. The number of carbonyl (C=O) groups is 1. The molecule has 29 heavy (non-hydrogen) atoms. The molecule has 0 radical (unpaired) electrons. The lowest BCUT2D eigenvalue weighted by Gasteiger charge is -2.26. The fraction of sp³-hybridized carbons (Fsp3) is 0.435. The lowest BCUT2D eigenvalue weighted by molar-refractivity contribution is -0.130. The molecule has 156 valence electrons. The molecule has 5 nitrogen and oxygen atoms in total. The predicted octanol–water partition coefficient (Wildman–Crippen LogP) is 4.06. The molecule has 0 aromatic heterocycles. The third-order valence-electron chi connectivity index (χ3n) is 5.05. The maximum Gasteiger partial charge on any atom is 0.233 e. The molecule has 1 saturated heterocycles. The van der Waals surface area contributed by atoms with Crippen LogP contribution in [0.5, 0.6) is 5.75 Å². The topological polar surface area (TPSA) is 42.0 Å². The first-order valence-electron chi connectivity index (χ1n) is 9.97. The Bertz CT molecular complexity index is 772. The average Bonchev–Trinajstić information content (AvgIpc) is 3.25. The molecule has 1 aliphatic rings. The predicted molar refractivity (Wildman–Crippen MR) is 119 cm³/mol. The van der Waals surface area contributed by atoms with Gasteiger partial charge < -0.3 is 19.3 Å². The summed E-state index contributed by atoms with van der Waals surface area (Å²) < 4.78 is 11.0. The summed E-state index contributed by atoms with van der Waals surface area (Å²) in [5.41, 5.74) is 2.29. The third-order valence-corrected chi connectivity index (χ3v) is 6.05. The zero-order valence-electron chi connectivity index (χ0n) is 17.5. The quantitative estimate of drug-likeness (QED) is 0.579. The van der Waals surface area contributed by atoms with Gasteiger partial charge in [0.25, 0.3) is 0 Å². The summed E-state index contributed by atoms with van der Waals surface area (Å²) in [4.78, 5) is 18.1. The Morgan fingerprint density at radius 2 is 1.86 bits per heavy atom. The molecule has 0 saturated carbocycles. The van der Waals surface area contributed by atoms with Crippen LogP contribution in [0.3, 0.4) is 0 Å². The minimum atomic E-state index is 0.137. The Labute approximate surface area is 178 Å². The van der Waals surface area contributed by atoms with Crippen molar-refractivity contribution in [2.75, 3.05) is 45.0 Å². The van der Waals surface area contributed by atoms with E-state index in [9.17, 15) is 4.79 Å². The second-order valence-corrected chi connectivity index (χ2v) is 8.48. The van der Waals surface area contributed by atoms with Crippen molar-refractivity contribution in [2.24, 2.45) is 0 Å². The molecule has 1 atom stereocenters. The number of carbonyl (C=O) groups excluding carboxylic acids is 1. The minimum absolute atomic E-state index is 0.137. The van der Waals surface area contributed by atoms with E-state index in [0.717, 1.165) is 41.3 Å². The highest BCUT2D eigenvalue weighted by atomic mass is 32.2. The number of rotatable bonds is 9. The monoisotopic (exact) mass is 414 g/mol. The largest absolute Gasteiger partial charge is 0.497 e. The van der Waals surface area contributed by atoms with Crippen LogP contribution in [0.2, 0.25) is 0 Å². The van der Waals surface area contributed by atoms with Gasteiger partial charge in [0.05, 0.1) is 19.0 Å². The van der Waals surface area contributed by atoms with E-state index in [1.807, 2.05) is 43.3 Å². The van der Waals surface area contributed by atoms with Gasteiger partial charge in [-0.05, 0) is 54.8 Å². The van der Waals surface area contributed by atoms with Crippen LogP contribution >= 0.6 is 11.8 Å². The number of hydrogen-bond donors (Lipinski definition) is 0. The maximum absolute atomic E-state index is 13.0. The minimum Gasteiger partial charge on any atom is -0.497 e. The number of hydrogen-bond acceptors (Lipinski definition) is 5. The first-order valence-corrected chi connectivity index (χ1v) is 11.0. The van der Waals surface area contributed by atoms with Crippen LogP contribution in [0.15, 0.2) is 53.4 Å². The Kier molecular flexibility index (Phi) is 7.83.